The van der Waals surface area contributed by atoms with Gasteiger partial charge in [-0.2, -0.15) is 0 Å². The molecule has 0 aromatic heterocycles. The number of hydrogen-bond acceptors (Lipinski definition) is 4. The van der Waals surface area contributed by atoms with E-state index in [-0.39, 0.29) is 5.91 Å². The third-order valence-corrected chi connectivity index (χ3v) is 4.37. The standard InChI is InChI=1S/C22H26N2O5/c1-13(2)17-6-5-14(3)19(11-17)29-15(4)21(27)24-18-9-7-16(8-10-18)22(28)23-12-20(25)26/h5-11,13,15H,12H2,1-4H3,(H,23,28)(H,24,27)(H,25,26). The van der Waals surface area contributed by atoms with Gasteiger partial charge in [0, 0.05) is 11.3 Å². The Morgan fingerprint density at radius 3 is 2.28 bits per heavy atom. The molecule has 0 heterocycles. The molecule has 3 N–H and O–H groups in total. The van der Waals surface area contributed by atoms with Crippen LogP contribution < -0.4 is 15.4 Å². The molecule has 0 aliphatic heterocycles. The van der Waals surface area contributed by atoms with Gasteiger partial charge in [-0.05, 0) is 61.2 Å². The summed E-state index contributed by atoms with van der Waals surface area (Å²) in [6.07, 6.45) is -0.713. The summed E-state index contributed by atoms with van der Waals surface area (Å²) in [7, 11) is 0. The molecule has 1 unspecified atom stereocenters. The van der Waals surface area contributed by atoms with Crippen molar-refractivity contribution in [1.29, 1.82) is 0 Å². The van der Waals surface area contributed by atoms with E-state index in [1.165, 1.54) is 12.1 Å². The van der Waals surface area contributed by atoms with E-state index in [1.807, 2.05) is 25.1 Å². The van der Waals surface area contributed by atoms with Crippen molar-refractivity contribution in [1.82, 2.24) is 5.32 Å². The third-order valence-electron chi connectivity index (χ3n) is 4.37. The lowest BCUT2D eigenvalue weighted by Gasteiger charge is -2.18. The number of nitrogens with one attached hydrogen (secondary N) is 2. The van der Waals surface area contributed by atoms with Crippen molar-refractivity contribution in [3.05, 3.63) is 59.2 Å². The van der Waals surface area contributed by atoms with Gasteiger partial charge in [0.1, 0.15) is 12.3 Å². The van der Waals surface area contributed by atoms with Gasteiger partial charge in [-0.15, -0.1) is 0 Å². The summed E-state index contributed by atoms with van der Waals surface area (Å²) in [6.45, 7) is 7.33. The van der Waals surface area contributed by atoms with Crippen molar-refractivity contribution in [2.24, 2.45) is 0 Å². The Hall–Kier alpha value is -3.35. The molecule has 154 valence electrons. The van der Waals surface area contributed by atoms with Crippen LogP contribution in [0.3, 0.4) is 0 Å². The van der Waals surface area contributed by atoms with Crippen molar-refractivity contribution < 1.29 is 24.2 Å². The Bertz CT molecular complexity index is 891. The van der Waals surface area contributed by atoms with Crippen molar-refractivity contribution in [3.8, 4) is 5.75 Å². The molecule has 2 aromatic carbocycles. The van der Waals surface area contributed by atoms with Crippen LogP contribution in [0.25, 0.3) is 0 Å². The van der Waals surface area contributed by atoms with E-state index in [4.69, 9.17) is 9.84 Å². The maximum atomic E-state index is 12.5. The summed E-state index contributed by atoms with van der Waals surface area (Å²) in [5.74, 6) is -0.909. The lowest BCUT2D eigenvalue weighted by molar-refractivity contribution is -0.135. The van der Waals surface area contributed by atoms with E-state index >= 15 is 0 Å². The normalized spacial score (nSPS) is 11.6. The maximum Gasteiger partial charge on any atom is 0.322 e. The molecule has 2 amide bonds. The van der Waals surface area contributed by atoms with Gasteiger partial charge in [0.15, 0.2) is 6.10 Å². The van der Waals surface area contributed by atoms with Crippen molar-refractivity contribution in [2.75, 3.05) is 11.9 Å². The van der Waals surface area contributed by atoms with Gasteiger partial charge in [0.2, 0.25) is 0 Å². The summed E-state index contributed by atoms with van der Waals surface area (Å²) < 4.78 is 5.85. The van der Waals surface area contributed by atoms with Gasteiger partial charge in [-0.1, -0.05) is 26.0 Å². The predicted molar refractivity (Wildman–Crippen MR) is 110 cm³/mol. The number of carboxylic acids is 1. The summed E-state index contributed by atoms with van der Waals surface area (Å²) in [4.78, 5) is 34.8. The molecule has 0 bridgehead atoms. The minimum Gasteiger partial charge on any atom is -0.481 e. The Morgan fingerprint density at radius 1 is 1.03 bits per heavy atom. The molecule has 2 aromatic rings. The molecule has 1 atom stereocenters. The Balaban J connectivity index is 1.98. The number of benzene rings is 2. The Morgan fingerprint density at radius 2 is 1.69 bits per heavy atom. The fourth-order valence-corrected chi connectivity index (χ4v) is 2.55. The number of ether oxygens (including phenoxy) is 1. The molecule has 0 aliphatic rings. The molecular formula is C22H26N2O5. The van der Waals surface area contributed by atoms with Crippen molar-refractivity contribution in [3.63, 3.8) is 0 Å². The lowest BCUT2D eigenvalue weighted by Crippen LogP contribution is -2.30. The first-order chi connectivity index (χ1) is 13.7. The average Bonchev–Trinajstić information content (AvgIpc) is 2.68. The van der Waals surface area contributed by atoms with Gasteiger partial charge < -0.3 is 20.5 Å². The van der Waals surface area contributed by atoms with Gasteiger partial charge in [0.05, 0.1) is 0 Å². The highest BCUT2D eigenvalue weighted by Crippen LogP contribution is 2.25. The number of hydrogen-bond donors (Lipinski definition) is 3. The molecule has 29 heavy (non-hydrogen) atoms. The second kappa shape index (κ2) is 9.73. The van der Waals surface area contributed by atoms with Gasteiger partial charge in [0.25, 0.3) is 11.8 Å². The number of carbonyl (C=O) groups is 3. The summed E-state index contributed by atoms with van der Waals surface area (Å²) in [5.41, 5.74) is 2.89. The van der Waals surface area contributed by atoms with E-state index in [2.05, 4.69) is 24.5 Å². The van der Waals surface area contributed by atoms with Crippen LogP contribution in [0.4, 0.5) is 5.69 Å². The highest BCUT2D eigenvalue weighted by atomic mass is 16.5. The Labute approximate surface area is 170 Å². The van der Waals surface area contributed by atoms with E-state index < -0.39 is 24.5 Å². The topological polar surface area (TPSA) is 105 Å². The second-order valence-corrected chi connectivity index (χ2v) is 7.08. The molecule has 0 radical (unpaired) electrons. The fraction of sp³-hybridized carbons (Fsp3) is 0.318. The average molecular weight is 398 g/mol. The van der Waals surface area contributed by atoms with Crippen LogP contribution in [-0.4, -0.2) is 35.5 Å². The molecule has 0 aliphatic carbocycles. The molecule has 7 nitrogen and oxygen atoms in total. The number of carboxylic acid groups (broad SMARTS) is 1. The largest absolute Gasteiger partial charge is 0.481 e. The first-order valence-electron chi connectivity index (χ1n) is 9.35. The third kappa shape index (κ3) is 6.34. The number of aryl methyl sites for hydroxylation is 1. The maximum absolute atomic E-state index is 12.5. The fourth-order valence-electron chi connectivity index (χ4n) is 2.55. The number of rotatable bonds is 8. The van der Waals surface area contributed by atoms with Crippen LogP contribution in [0, 0.1) is 6.92 Å². The Kier molecular flexibility index (Phi) is 7.36. The van der Waals surface area contributed by atoms with Gasteiger partial charge in [-0.3, -0.25) is 14.4 Å². The van der Waals surface area contributed by atoms with Crippen molar-refractivity contribution in [2.45, 2.75) is 39.7 Å². The summed E-state index contributed by atoms with van der Waals surface area (Å²) in [6, 6.07) is 12.1. The molecule has 0 spiro atoms. The zero-order valence-corrected chi connectivity index (χ0v) is 17.0. The van der Waals surface area contributed by atoms with Crippen LogP contribution in [0.5, 0.6) is 5.75 Å². The summed E-state index contributed by atoms with van der Waals surface area (Å²) in [5, 5.41) is 13.6. The molecule has 0 fully saturated rings. The molecule has 0 saturated heterocycles. The van der Waals surface area contributed by atoms with Crippen LogP contribution in [0.1, 0.15) is 48.2 Å². The van der Waals surface area contributed by atoms with Crippen LogP contribution in [0.2, 0.25) is 0 Å². The number of carbonyl (C=O) groups excluding carboxylic acids is 2. The zero-order valence-electron chi connectivity index (χ0n) is 17.0. The molecule has 0 saturated carbocycles. The summed E-state index contributed by atoms with van der Waals surface area (Å²) >= 11 is 0. The smallest absolute Gasteiger partial charge is 0.322 e. The number of anilines is 1. The first-order valence-corrected chi connectivity index (χ1v) is 9.35. The number of aliphatic carboxylic acids is 1. The van der Waals surface area contributed by atoms with E-state index in [1.54, 1.807) is 19.1 Å². The molecule has 2 rings (SSSR count). The predicted octanol–water partition coefficient (Wildman–Crippen LogP) is 3.34. The second-order valence-electron chi connectivity index (χ2n) is 7.08. The monoisotopic (exact) mass is 398 g/mol. The van der Waals surface area contributed by atoms with Crippen LogP contribution in [0.15, 0.2) is 42.5 Å². The van der Waals surface area contributed by atoms with Crippen molar-refractivity contribution >= 4 is 23.5 Å². The minimum atomic E-state index is -1.12. The van der Waals surface area contributed by atoms with Gasteiger partial charge >= 0.3 is 5.97 Å². The quantitative estimate of drug-likeness (QED) is 0.633. The molecular weight excluding hydrogens is 372 g/mol. The van der Waals surface area contributed by atoms with Gasteiger partial charge in [-0.25, -0.2) is 0 Å². The lowest BCUT2D eigenvalue weighted by atomic mass is 10.0. The highest BCUT2D eigenvalue weighted by Gasteiger charge is 2.17. The van der Waals surface area contributed by atoms with Crippen LogP contribution >= 0.6 is 0 Å². The van der Waals surface area contributed by atoms with E-state index in [9.17, 15) is 14.4 Å². The zero-order chi connectivity index (χ0) is 21.6. The molecule has 7 heteroatoms. The van der Waals surface area contributed by atoms with Crippen LogP contribution in [-0.2, 0) is 9.59 Å². The number of amides is 2. The SMILES string of the molecule is Cc1ccc(C(C)C)cc1OC(C)C(=O)Nc1ccc(C(=O)NCC(=O)O)cc1. The highest BCUT2D eigenvalue weighted by molar-refractivity contribution is 5.97. The first kappa shape index (κ1) is 21.9. The van der Waals surface area contributed by atoms with E-state index in [0.29, 0.717) is 22.9 Å². The van der Waals surface area contributed by atoms with E-state index in [0.717, 1.165) is 11.1 Å². The minimum absolute atomic E-state index is 0.301.